The molecule has 0 amide bonds. The maximum Gasteiger partial charge on any atom is 0.329 e. The van der Waals surface area contributed by atoms with Gasteiger partial charge in [0.15, 0.2) is 11.5 Å². The number of carbonyl (C=O) groups is 1. The van der Waals surface area contributed by atoms with Crippen molar-refractivity contribution in [1.29, 1.82) is 0 Å². The van der Waals surface area contributed by atoms with Crippen molar-refractivity contribution in [1.82, 2.24) is 9.88 Å². The molecule has 4 atom stereocenters. The number of benzene rings is 2. The summed E-state index contributed by atoms with van der Waals surface area (Å²) in [5.41, 5.74) is 4.64. The fourth-order valence-corrected chi connectivity index (χ4v) is 10.0. The Hall–Kier alpha value is -3.49. The summed E-state index contributed by atoms with van der Waals surface area (Å²) in [6.07, 6.45) is 12.0. The van der Waals surface area contributed by atoms with E-state index >= 15 is 0 Å². The van der Waals surface area contributed by atoms with Gasteiger partial charge in [0.05, 0.1) is 13.2 Å². The van der Waals surface area contributed by atoms with Crippen LogP contribution in [0.5, 0.6) is 17.2 Å². The number of carboxylic acids is 1. The SMILES string of the molecule is C[C@@H](COc1ccnc2c1[C@H](C)CCC2)C[C@H]1Cc2cc3c(cc2C12CCC(Nc1cccc(Cl)c1)(C(=O)O)CC2)O[C@H](CN1CCC1)CCO3. The predicted octanol–water partition coefficient (Wildman–Crippen LogP) is 8.44. The van der Waals surface area contributed by atoms with Crippen LogP contribution in [0.1, 0.15) is 99.9 Å². The molecule has 2 fully saturated rings. The van der Waals surface area contributed by atoms with E-state index in [1.54, 1.807) is 0 Å². The lowest BCUT2D eigenvalue weighted by molar-refractivity contribution is -0.144. The van der Waals surface area contributed by atoms with Gasteiger partial charge in [0.25, 0.3) is 0 Å². The van der Waals surface area contributed by atoms with Gasteiger partial charge in [0.2, 0.25) is 0 Å². The second-order valence-corrected chi connectivity index (χ2v) is 16.6. The molecule has 1 aromatic heterocycles. The van der Waals surface area contributed by atoms with Crippen molar-refractivity contribution in [2.45, 2.75) is 107 Å². The van der Waals surface area contributed by atoms with Crippen molar-refractivity contribution in [3.63, 3.8) is 0 Å². The molecule has 9 heteroatoms. The third-order valence-electron chi connectivity index (χ3n) is 12.8. The number of aryl methyl sites for hydroxylation is 1. The summed E-state index contributed by atoms with van der Waals surface area (Å²) in [6.45, 7) is 9.10. The molecule has 2 N–H and O–H groups in total. The van der Waals surface area contributed by atoms with Crippen LogP contribution in [0, 0.1) is 11.8 Å². The van der Waals surface area contributed by atoms with Gasteiger partial charge in [-0.05, 0) is 148 Å². The number of aliphatic carboxylic acids is 1. The number of nitrogens with zero attached hydrogens (tertiary/aromatic N) is 2. The van der Waals surface area contributed by atoms with E-state index in [0.717, 1.165) is 81.1 Å². The summed E-state index contributed by atoms with van der Waals surface area (Å²) in [6, 6.07) is 14.0. The molecule has 272 valence electrons. The van der Waals surface area contributed by atoms with Crippen LogP contribution in [0.15, 0.2) is 48.7 Å². The minimum atomic E-state index is -1.07. The number of fused-ring (bicyclic) bond motifs is 4. The second kappa shape index (κ2) is 14.1. The second-order valence-electron chi connectivity index (χ2n) is 16.2. The van der Waals surface area contributed by atoms with Crippen LogP contribution in [0.4, 0.5) is 5.69 Å². The Kier molecular flexibility index (Phi) is 9.60. The Morgan fingerprint density at radius 3 is 2.73 bits per heavy atom. The highest BCUT2D eigenvalue weighted by molar-refractivity contribution is 6.30. The maximum atomic E-state index is 13.0. The van der Waals surface area contributed by atoms with Gasteiger partial charge in [-0.1, -0.05) is 31.5 Å². The Balaban J connectivity index is 1.06. The minimum Gasteiger partial charge on any atom is -0.493 e. The van der Waals surface area contributed by atoms with Crippen LogP contribution in [0.2, 0.25) is 5.02 Å². The smallest absolute Gasteiger partial charge is 0.329 e. The average Bonchev–Trinajstić information content (AvgIpc) is 3.22. The molecule has 3 aromatic rings. The normalized spacial score (nSPS) is 29.0. The van der Waals surface area contributed by atoms with Gasteiger partial charge in [-0.3, -0.25) is 9.88 Å². The number of aromatic nitrogens is 1. The Bertz CT molecular complexity index is 1750. The number of rotatable bonds is 10. The van der Waals surface area contributed by atoms with E-state index in [2.05, 4.69) is 41.2 Å². The van der Waals surface area contributed by atoms with Gasteiger partial charge < -0.3 is 24.6 Å². The van der Waals surface area contributed by atoms with E-state index < -0.39 is 11.5 Å². The first-order valence-electron chi connectivity index (χ1n) is 19.3. The molecule has 0 unspecified atom stereocenters. The highest BCUT2D eigenvalue weighted by atomic mass is 35.5. The first-order chi connectivity index (χ1) is 24.7. The summed E-state index contributed by atoms with van der Waals surface area (Å²) in [7, 11) is 0. The van der Waals surface area contributed by atoms with Crippen LogP contribution in [-0.2, 0) is 23.1 Å². The largest absolute Gasteiger partial charge is 0.493 e. The fourth-order valence-electron chi connectivity index (χ4n) is 9.84. The number of ether oxygens (including phenoxy) is 3. The zero-order valence-corrected chi connectivity index (χ0v) is 30.9. The van der Waals surface area contributed by atoms with Crippen molar-refractivity contribution >= 4 is 23.3 Å². The van der Waals surface area contributed by atoms with Crippen molar-refractivity contribution in [2.24, 2.45) is 11.8 Å². The lowest BCUT2D eigenvalue weighted by atomic mass is 9.59. The quantitative estimate of drug-likeness (QED) is 0.216. The number of halogens is 1. The van der Waals surface area contributed by atoms with Gasteiger partial charge in [-0.15, -0.1) is 0 Å². The Labute approximate surface area is 307 Å². The fraction of sp³-hybridized carbons (Fsp3) is 0.571. The van der Waals surface area contributed by atoms with Crippen molar-refractivity contribution < 1.29 is 24.1 Å². The molecule has 1 spiro atoms. The van der Waals surface area contributed by atoms with Gasteiger partial charge in [-0.25, -0.2) is 4.79 Å². The zero-order valence-electron chi connectivity index (χ0n) is 30.1. The minimum absolute atomic E-state index is 0.101. The van der Waals surface area contributed by atoms with Crippen LogP contribution < -0.4 is 19.5 Å². The lowest BCUT2D eigenvalue weighted by Gasteiger charge is -2.47. The molecule has 3 heterocycles. The van der Waals surface area contributed by atoms with Crippen LogP contribution in [0.25, 0.3) is 0 Å². The first kappa shape index (κ1) is 34.6. The number of hydrogen-bond donors (Lipinski definition) is 2. The van der Waals surface area contributed by atoms with Crippen LogP contribution in [0.3, 0.4) is 0 Å². The lowest BCUT2D eigenvalue weighted by Crippen LogP contribution is -2.53. The summed E-state index contributed by atoms with van der Waals surface area (Å²) < 4.78 is 19.7. The van der Waals surface area contributed by atoms with E-state index in [9.17, 15) is 9.90 Å². The van der Waals surface area contributed by atoms with E-state index in [4.69, 9.17) is 25.8 Å². The molecule has 3 aliphatic carbocycles. The molecule has 2 aromatic carbocycles. The summed E-state index contributed by atoms with van der Waals surface area (Å²) in [5, 5.41) is 14.7. The molecule has 1 saturated carbocycles. The highest BCUT2D eigenvalue weighted by Gasteiger charge is 2.54. The molecule has 0 bridgehead atoms. The molecule has 0 radical (unpaired) electrons. The Morgan fingerprint density at radius 1 is 1.12 bits per heavy atom. The van der Waals surface area contributed by atoms with Crippen LogP contribution in [-0.4, -0.2) is 65.5 Å². The summed E-state index contributed by atoms with van der Waals surface area (Å²) >= 11 is 6.31. The number of anilines is 1. The van der Waals surface area contributed by atoms with E-state index in [-0.39, 0.29) is 11.5 Å². The number of carboxylic acid groups (broad SMARTS) is 1. The average molecular weight is 714 g/mol. The topological polar surface area (TPSA) is 93.2 Å². The summed E-state index contributed by atoms with van der Waals surface area (Å²) in [5.74, 6) is 2.99. The van der Waals surface area contributed by atoms with Crippen molar-refractivity contribution in [3.8, 4) is 17.2 Å². The first-order valence-corrected chi connectivity index (χ1v) is 19.7. The number of nitrogens with one attached hydrogen (secondary N) is 1. The highest BCUT2D eigenvalue weighted by Crippen LogP contribution is 2.58. The maximum absolute atomic E-state index is 13.0. The molecular formula is C42H52ClN3O5. The molecule has 2 aliphatic heterocycles. The number of pyridine rings is 1. The van der Waals surface area contributed by atoms with Crippen molar-refractivity contribution in [3.05, 3.63) is 76.1 Å². The van der Waals surface area contributed by atoms with E-state index in [0.29, 0.717) is 48.8 Å². The Morgan fingerprint density at radius 2 is 1.96 bits per heavy atom. The zero-order chi connectivity index (χ0) is 35.2. The van der Waals surface area contributed by atoms with Gasteiger partial charge in [-0.2, -0.15) is 0 Å². The number of hydrogen-bond acceptors (Lipinski definition) is 7. The molecule has 8 nitrogen and oxygen atoms in total. The third kappa shape index (κ3) is 6.79. The molecule has 1 saturated heterocycles. The van der Waals surface area contributed by atoms with E-state index in [1.807, 2.05) is 36.5 Å². The standard InChI is InChI=1S/C42H52ClN3O5/c1-27(26-50-36-10-16-44-35-9-3-6-28(2)39(35)36)20-30-21-29-22-37-38(51-33(11-19-49-37)25-46-17-5-18-46)24-34(29)41(30)12-14-42(15-13-41,40(47)48)45-32-8-4-7-31(43)23-32/h4,7-8,10,16,22-24,27-28,30,33,45H,3,5-6,9,11-15,17-21,25-26H2,1-2H3,(H,47,48)/t27-,28-,30+,33+,41?,42?/m1/s1. The summed E-state index contributed by atoms with van der Waals surface area (Å²) in [4.78, 5) is 20.2. The third-order valence-corrected chi connectivity index (χ3v) is 13.0. The predicted molar refractivity (Wildman–Crippen MR) is 200 cm³/mol. The van der Waals surface area contributed by atoms with Gasteiger partial charge >= 0.3 is 5.97 Å². The van der Waals surface area contributed by atoms with Gasteiger partial charge in [0, 0.05) is 41.1 Å². The molecular weight excluding hydrogens is 662 g/mol. The monoisotopic (exact) mass is 713 g/mol. The van der Waals surface area contributed by atoms with Gasteiger partial charge in [0.1, 0.15) is 17.4 Å². The molecule has 8 rings (SSSR count). The van der Waals surface area contributed by atoms with Crippen LogP contribution >= 0.6 is 11.6 Å². The number of likely N-dealkylation sites (tertiary alicyclic amines) is 1. The molecule has 5 aliphatic rings. The van der Waals surface area contributed by atoms with E-state index in [1.165, 1.54) is 41.6 Å². The van der Waals surface area contributed by atoms with Crippen molar-refractivity contribution in [2.75, 3.05) is 38.2 Å². The molecule has 51 heavy (non-hydrogen) atoms.